The van der Waals surface area contributed by atoms with Crippen LogP contribution in [0.4, 0.5) is 0 Å². The second kappa shape index (κ2) is 7.42. The van der Waals surface area contributed by atoms with Crippen LogP contribution in [0.5, 0.6) is 0 Å². The van der Waals surface area contributed by atoms with Gasteiger partial charge in [0.1, 0.15) is 0 Å². The van der Waals surface area contributed by atoms with Crippen LogP contribution >= 0.6 is 23.2 Å². The van der Waals surface area contributed by atoms with Crippen LogP contribution in [0.25, 0.3) is 6.08 Å². The molecule has 1 radical (unpaired) electrons. The van der Waals surface area contributed by atoms with Crippen molar-refractivity contribution in [2.45, 2.75) is 5.41 Å². The first-order chi connectivity index (χ1) is 14.2. The summed E-state index contributed by atoms with van der Waals surface area (Å²) in [6.45, 7) is 0. The molecule has 1 heterocycles. The summed E-state index contributed by atoms with van der Waals surface area (Å²) >= 11 is 13.3. The number of halogens is 2. The zero-order valence-corrected chi connectivity index (χ0v) is 18.1. The largest absolute Gasteiger partial charge is 0.0843 e. The van der Waals surface area contributed by atoms with E-state index in [-0.39, 0.29) is 0 Å². The Kier molecular flexibility index (Phi) is 4.75. The molecule has 0 saturated heterocycles. The fourth-order valence-electron chi connectivity index (χ4n) is 4.23. The minimum atomic E-state index is -0.480. The highest BCUT2D eigenvalue weighted by Crippen LogP contribution is 2.41. The SMILES string of the molecule is Clc1ccc2c(c1)C(c1ccccc1)(c1ccccc1)C=c1c(Cl)cccc1=[Si]2. The van der Waals surface area contributed by atoms with Crippen LogP contribution in [0.15, 0.2) is 97.1 Å². The Hall–Kier alpha value is -2.45. The van der Waals surface area contributed by atoms with Gasteiger partial charge in [-0.05, 0) is 50.1 Å². The molecule has 0 fully saturated rings. The average molecular weight is 428 g/mol. The van der Waals surface area contributed by atoms with Crippen LogP contribution < -0.4 is 10.4 Å². The molecule has 5 rings (SSSR count). The van der Waals surface area contributed by atoms with Gasteiger partial charge in [0.2, 0.25) is 0 Å². The Morgan fingerprint density at radius 3 is 1.97 bits per heavy atom. The normalized spacial score (nSPS) is 14.0. The molecule has 0 nitrogen and oxygen atoms in total. The minimum Gasteiger partial charge on any atom is -0.0843 e. The summed E-state index contributed by atoms with van der Waals surface area (Å²) in [5, 5.41) is 3.92. The second-order valence-corrected chi connectivity index (χ2v) is 9.37. The van der Waals surface area contributed by atoms with Gasteiger partial charge in [-0.3, -0.25) is 0 Å². The van der Waals surface area contributed by atoms with E-state index in [1.54, 1.807) is 0 Å². The topological polar surface area (TPSA) is 0 Å². The first-order valence-electron chi connectivity index (χ1n) is 9.51. The summed E-state index contributed by atoms with van der Waals surface area (Å²) in [6, 6.07) is 33.7. The van der Waals surface area contributed by atoms with Crippen LogP contribution in [0, 0.1) is 4.81 Å². The number of fused-ring (bicyclic) bond motifs is 2. The van der Waals surface area contributed by atoms with Crippen LogP contribution in [0.1, 0.15) is 16.7 Å². The standard InChI is InChI=1S/C26H17Cl2Si/c27-20-14-15-25-22(16-20)26(18-8-3-1-4-9-18,19-10-5-2-6-11-19)17-21-23(28)12-7-13-24(21)29-25/h1-17H. The van der Waals surface area contributed by atoms with Gasteiger partial charge < -0.3 is 0 Å². The summed E-state index contributed by atoms with van der Waals surface area (Å²) < 4.78 is 0. The van der Waals surface area contributed by atoms with Gasteiger partial charge in [-0.15, -0.1) is 0 Å². The molecule has 0 aromatic heterocycles. The summed E-state index contributed by atoms with van der Waals surface area (Å²) in [5.41, 5.74) is 3.14. The maximum absolute atomic E-state index is 6.74. The van der Waals surface area contributed by atoms with E-state index in [2.05, 4.69) is 84.9 Å². The molecule has 0 bridgehead atoms. The molecule has 0 amide bonds. The fraction of sp³-hybridized carbons (Fsp3) is 0.0385. The molecule has 0 spiro atoms. The van der Waals surface area contributed by atoms with Crippen molar-refractivity contribution in [3.8, 4) is 0 Å². The van der Waals surface area contributed by atoms with E-state index in [4.69, 9.17) is 23.2 Å². The van der Waals surface area contributed by atoms with Crippen molar-refractivity contribution in [3.63, 3.8) is 0 Å². The van der Waals surface area contributed by atoms with E-state index in [0.29, 0.717) is 9.13 Å². The maximum Gasteiger partial charge on any atom is 0.0699 e. The van der Waals surface area contributed by atoms with E-state index in [1.807, 2.05) is 18.2 Å². The Labute approximate surface area is 182 Å². The second-order valence-electron chi connectivity index (χ2n) is 7.20. The van der Waals surface area contributed by atoms with E-state index in [9.17, 15) is 0 Å². The zero-order chi connectivity index (χ0) is 19.8. The molecule has 0 unspecified atom stereocenters. The molecule has 1 aliphatic heterocycles. The predicted molar refractivity (Wildman–Crippen MR) is 124 cm³/mol. The van der Waals surface area contributed by atoms with Crippen molar-refractivity contribution in [2.75, 3.05) is 0 Å². The van der Waals surface area contributed by atoms with Crippen LogP contribution in [0.2, 0.25) is 10.0 Å². The lowest BCUT2D eigenvalue weighted by Crippen LogP contribution is -2.33. The van der Waals surface area contributed by atoms with Crippen molar-refractivity contribution < 1.29 is 0 Å². The predicted octanol–water partition coefficient (Wildman–Crippen LogP) is 5.40. The third-order valence-electron chi connectivity index (χ3n) is 5.55. The molecule has 4 aromatic rings. The third-order valence-corrected chi connectivity index (χ3v) is 7.52. The monoisotopic (exact) mass is 427 g/mol. The van der Waals surface area contributed by atoms with Crippen molar-refractivity contribution in [3.05, 3.63) is 134 Å². The minimum absolute atomic E-state index is 0.480. The zero-order valence-electron chi connectivity index (χ0n) is 15.6. The number of hydrogen-bond donors (Lipinski definition) is 0. The van der Waals surface area contributed by atoms with Gasteiger partial charge in [-0.25, -0.2) is 0 Å². The molecule has 4 aromatic carbocycles. The van der Waals surface area contributed by atoms with E-state index in [0.717, 1.165) is 15.3 Å². The number of rotatable bonds is 2. The maximum atomic E-state index is 6.74. The van der Waals surface area contributed by atoms with Gasteiger partial charge >= 0.3 is 0 Å². The molecular weight excluding hydrogens is 411 g/mol. The van der Waals surface area contributed by atoms with Crippen molar-refractivity contribution in [1.29, 1.82) is 0 Å². The number of benzene rings is 4. The first kappa shape index (κ1) is 18.6. The lowest BCUT2D eigenvalue weighted by molar-refractivity contribution is 0.829. The molecular formula is C26H17Cl2Si. The molecule has 0 aliphatic carbocycles. The molecule has 3 heteroatoms. The first-order valence-corrected chi connectivity index (χ1v) is 11.3. The quantitative estimate of drug-likeness (QED) is 0.375. The number of hydrogen-bond acceptors (Lipinski definition) is 0. The smallest absolute Gasteiger partial charge is 0.0699 e. The van der Waals surface area contributed by atoms with E-state index >= 15 is 0 Å². The molecule has 139 valence electrons. The lowest BCUT2D eigenvalue weighted by Gasteiger charge is -2.34. The molecule has 0 atom stereocenters. The van der Waals surface area contributed by atoms with Gasteiger partial charge in [0.25, 0.3) is 0 Å². The molecule has 1 aliphatic rings. The molecule has 0 N–H and O–H groups in total. The van der Waals surface area contributed by atoms with Gasteiger partial charge in [0.15, 0.2) is 0 Å². The molecule has 0 saturated carbocycles. The summed E-state index contributed by atoms with van der Waals surface area (Å²) in [5.74, 6) is 0. The Morgan fingerprint density at radius 1 is 0.655 bits per heavy atom. The summed E-state index contributed by atoms with van der Waals surface area (Å²) in [4.78, 5) is 1.26. The highest BCUT2D eigenvalue weighted by molar-refractivity contribution is 6.47. The molecule has 29 heavy (non-hydrogen) atoms. The van der Waals surface area contributed by atoms with Crippen LogP contribution in [-0.4, -0.2) is 9.13 Å². The highest BCUT2D eigenvalue weighted by atomic mass is 35.5. The summed E-state index contributed by atoms with van der Waals surface area (Å²) in [6.07, 6.45) is 2.34. The van der Waals surface area contributed by atoms with Gasteiger partial charge in [-0.2, -0.15) is 0 Å². The van der Waals surface area contributed by atoms with Crippen LogP contribution in [-0.2, 0) is 5.41 Å². The van der Waals surface area contributed by atoms with Gasteiger partial charge in [0.05, 0.1) is 14.5 Å². The van der Waals surface area contributed by atoms with Gasteiger partial charge in [0, 0.05) is 10.0 Å². The van der Waals surface area contributed by atoms with Crippen molar-refractivity contribution in [2.24, 2.45) is 0 Å². The Morgan fingerprint density at radius 2 is 1.31 bits per heavy atom. The van der Waals surface area contributed by atoms with Crippen molar-refractivity contribution >= 4 is 43.6 Å². The van der Waals surface area contributed by atoms with E-state index in [1.165, 1.54) is 26.7 Å². The lowest BCUT2D eigenvalue weighted by atomic mass is 9.69. The van der Waals surface area contributed by atoms with Crippen LogP contribution in [0.3, 0.4) is 0 Å². The Bertz CT molecular complexity index is 1270. The highest BCUT2D eigenvalue weighted by Gasteiger charge is 2.36. The van der Waals surface area contributed by atoms with Gasteiger partial charge in [-0.1, -0.05) is 108 Å². The Balaban J connectivity index is 2.04. The van der Waals surface area contributed by atoms with E-state index < -0.39 is 5.41 Å². The van der Waals surface area contributed by atoms with Crippen molar-refractivity contribution in [1.82, 2.24) is 0 Å². The summed E-state index contributed by atoms with van der Waals surface area (Å²) in [7, 11) is 0.512. The third kappa shape index (κ3) is 3.10. The fourth-order valence-corrected chi connectivity index (χ4v) is 6.09. The average Bonchev–Trinajstić information content (AvgIpc) is 2.91.